The smallest absolute Gasteiger partial charge is 0.328 e. The second-order valence-electron chi connectivity index (χ2n) is 4.00. The summed E-state index contributed by atoms with van der Waals surface area (Å²) in [5.41, 5.74) is -0.193. The van der Waals surface area contributed by atoms with E-state index in [1.165, 1.54) is 17.2 Å². The van der Waals surface area contributed by atoms with Crippen LogP contribution in [0.3, 0.4) is 0 Å². The first-order valence-electron chi connectivity index (χ1n) is 5.51. The molecule has 0 atom stereocenters. The molecule has 1 aliphatic heterocycles. The van der Waals surface area contributed by atoms with Crippen LogP contribution in [0.1, 0.15) is 6.42 Å². The van der Waals surface area contributed by atoms with Crippen LogP contribution in [0.5, 0.6) is 0 Å². The van der Waals surface area contributed by atoms with Crippen molar-refractivity contribution in [2.45, 2.75) is 13.0 Å². The van der Waals surface area contributed by atoms with E-state index < -0.39 is 24.1 Å². The molecule has 19 heavy (non-hydrogen) atoms. The number of hydrogen-bond donors (Lipinski definition) is 2. The van der Waals surface area contributed by atoms with Crippen molar-refractivity contribution in [2.75, 3.05) is 11.4 Å². The monoisotopic (exact) mass is 265 g/mol. The number of anilines is 1. The van der Waals surface area contributed by atoms with Crippen LogP contribution in [0, 0.1) is 0 Å². The molecule has 2 rings (SSSR count). The van der Waals surface area contributed by atoms with Gasteiger partial charge in [0.15, 0.2) is 0 Å². The van der Waals surface area contributed by atoms with Gasteiger partial charge in [0, 0.05) is 25.2 Å². The first-order chi connectivity index (χ1) is 8.97. The van der Waals surface area contributed by atoms with Gasteiger partial charge in [-0.3, -0.25) is 24.6 Å². The quantitative estimate of drug-likeness (QED) is 0.757. The van der Waals surface area contributed by atoms with Crippen LogP contribution < -0.4 is 15.8 Å². The van der Waals surface area contributed by atoms with Crippen molar-refractivity contribution >= 4 is 23.6 Å². The summed E-state index contributed by atoms with van der Waals surface area (Å²) in [5, 5.41) is 10.7. The number of amides is 3. The SMILES string of the molecule is O=C(O)Cn1ccc(N2CCC(=O)NC2=O)cc1=O. The second-order valence-corrected chi connectivity index (χ2v) is 4.00. The van der Waals surface area contributed by atoms with Crippen LogP contribution in [-0.2, 0) is 16.1 Å². The van der Waals surface area contributed by atoms with E-state index in [4.69, 9.17) is 5.11 Å². The molecule has 0 unspecified atom stereocenters. The maximum absolute atomic E-state index is 11.7. The summed E-state index contributed by atoms with van der Waals surface area (Å²) < 4.78 is 1.01. The minimum Gasteiger partial charge on any atom is -0.480 e. The van der Waals surface area contributed by atoms with Gasteiger partial charge in [0.05, 0.1) is 5.69 Å². The highest BCUT2D eigenvalue weighted by Gasteiger charge is 2.24. The summed E-state index contributed by atoms with van der Waals surface area (Å²) in [4.78, 5) is 46.0. The Balaban J connectivity index is 2.25. The maximum Gasteiger partial charge on any atom is 0.328 e. The number of nitrogens with one attached hydrogen (secondary N) is 1. The molecule has 100 valence electrons. The molecule has 8 heteroatoms. The molecule has 3 amide bonds. The van der Waals surface area contributed by atoms with E-state index in [2.05, 4.69) is 5.32 Å². The van der Waals surface area contributed by atoms with Crippen LogP contribution >= 0.6 is 0 Å². The van der Waals surface area contributed by atoms with Crippen LogP contribution in [0.25, 0.3) is 0 Å². The summed E-state index contributed by atoms with van der Waals surface area (Å²) in [7, 11) is 0. The Morgan fingerprint density at radius 3 is 2.68 bits per heavy atom. The zero-order valence-electron chi connectivity index (χ0n) is 9.83. The van der Waals surface area contributed by atoms with Gasteiger partial charge in [-0.1, -0.05) is 0 Å². The number of aliphatic carboxylic acids is 1. The lowest BCUT2D eigenvalue weighted by Crippen LogP contribution is -2.49. The fourth-order valence-corrected chi connectivity index (χ4v) is 1.75. The van der Waals surface area contributed by atoms with Crippen molar-refractivity contribution in [2.24, 2.45) is 0 Å². The molecular formula is C11H11N3O5. The number of carbonyl (C=O) groups excluding carboxylic acids is 2. The first kappa shape index (κ1) is 12.8. The van der Waals surface area contributed by atoms with E-state index in [-0.39, 0.29) is 18.9 Å². The summed E-state index contributed by atoms with van der Waals surface area (Å²) in [5.74, 6) is -1.49. The standard InChI is InChI=1S/C11H11N3O5/c15-8-2-4-14(11(19)12-8)7-1-3-13(6-10(17)18)9(16)5-7/h1,3,5H,2,4,6H2,(H,17,18)(H,12,15,19). The number of nitrogens with zero attached hydrogens (tertiary/aromatic N) is 2. The molecule has 1 aliphatic rings. The van der Waals surface area contributed by atoms with Gasteiger partial charge < -0.3 is 9.67 Å². The fourth-order valence-electron chi connectivity index (χ4n) is 1.75. The van der Waals surface area contributed by atoms with E-state index in [0.29, 0.717) is 5.69 Å². The van der Waals surface area contributed by atoms with Crippen molar-refractivity contribution in [3.8, 4) is 0 Å². The van der Waals surface area contributed by atoms with Crippen molar-refractivity contribution in [3.63, 3.8) is 0 Å². The topological polar surface area (TPSA) is 109 Å². The maximum atomic E-state index is 11.7. The molecule has 2 heterocycles. The van der Waals surface area contributed by atoms with E-state index in [1.54, 1.807) is 0 Å². The normalized spacial score (nSPS) is 15.3. The Kier molecular flexibility index (Phi) is 3.32. The molecule has 0 saturated carbocycles. The van der Waals surface area contributed by atoms with E-state index in [1.807, 2.05) is 0 Å². The van der Waals surface area contributed by atoms with Gasteiger partial charge >= 0.3 is 12.0 Å². The highest BCUT2D eigenvalue weighted by atomic mass is 16.4. The molecule has 1 aromatic rings. The number of pyridine rings is 1. The predicted molar refractivity (Wildman–Crippen MR) is 63.8 cm³/mol. The van der Waals surface area contributed by atoms with Crippen LogP contribution in [0.15, 0.2) is 23.1 Å². The van der Waals surface area contributed by atoms with Gasteiger partial charge in [-0.15, -0.1) is 0 Å². The van der Waals surface area contributed by atoms with Gasteiger partial charge in [-0.25, -0.2) is 4.79 Å². The Morgan fingerprint density at radius 1 is 1.37 bits per heavy atom. The number of carboxylic acids is 1. The summed E-state index contributed by atoms with van der Waals surface area (Å²) in [6, 6.07) is 2.03. The lowest BCUT2D eigenvalue weighted by Gasteiger charge is -2.26. The van der Waals surface area contributed by atoms with Gasteiger partial charge in [0.2, 0.25) is 5.91 Å². The molecule has 0 bridgehead atoms. The Labute approximate surface area is 107 Å². The van der Waals surface area contributed by atoms with E-state index in [9.17, 15) is 19.2 Å². The average Bonchev–Trinajstić information content (AvgIpc) is 2.31. The molecule has 0 spiro atoms. The fraction of sp³-hybridized carbons (Fsp3) is 0.273. The Morgan fingerprint density at radius 2 is 2.11 bits per heavy atom. The zero-order valence-corrected chi connectivity index (χ0v) is 9.83. The number of carboxylic acid groups (broad SMARTS) is 1. The molecule has 2 N–H and O–H groups in total. The number of aromatic nitrogens is 1. The van der Waals surface area contributed by atoms with E-state index >= 15 is 0 Å². The number of hydrogen-bond acceptors (Lipinski definition) is 4. The largest absolute Gasteiger partial charge is 0.480 e. The molecule has 1 aromatic heterocycles. The molecule has 8 nitrogen and oxygen atoms in total. The minimum atomic E-state index is -1.13. The third-order valence-electron chi connectivity index (χ3n) is 2.65. The lowest BCUT2D eigenvalue weighted by atomic mass is 10.2. The van der Waals surface area contributed by atoms with Crippen molar-refractivity contribution in [3.05, 3.63) is 28.7 Å². The second kappa shape index (κ2) is 4.92. The number of urea groups is 1. The number of imide groups is 1. The minimum absolute atomic E-state index is 0.157. The first-order valence-corrected chi connectivity index (χ1v) is 5.51. The van der Waals surface area contributed by atoms with Crippen molar-refractivity contribution < 1.29 is 19.5 Å². The Bertz CT molecular complexity index is 607. The molecule has 0 radical (unpaired) electrons. The summed E-state index contributed by atoms with van der Waals surface area (Å²) in [6.07, 6.45) is 1.46. The van der Waals surface area contributed by atoms with Crippen LogP contribution in [0.2, 0.25) is 0 Å². The number of rotatable bonds is 3. The highest BCUT2D eigenvalue weighted by molar-refractivity contribution is 6.05. The van der Waals surface area contributed by atoms with Crippen molar-refractivity contribution in [1.29, 1.82) is 0 Å². The van der Waals surface area contributed by atoms with Gasteiger partial charge in [-0.2, -0.15) is 0 Å². The zero-order chi connectivity index (χ0) is 14.0. The molecular weight excluding hydrogens is 254 g/mol. The Hall–Kier alpha value is -2.64. The average molecular weight is 265 g/mol. The summed E-state index contributed by atoms with van der Waals surface area (Å²) >= 11 is 0. The molecule has 1 fully saturated rings. The third-order valence-corrected chi connectivity index (χ3v) is 2.65. The van der Waals surface area contributed by atoms with Gasteiger partial charge in [-0.05, 0) is 6.07 Å². The third kappa shape index (κ3) is 2.79. The van der Waals surface area contributed by atoms with Gasteiger partial charge in [0.25, 0.3) is 5.56 Å². The van der Waals surface area contributed by atoms with Gasteiger partial charge in [0.1, 0.15) is 6.54 Å². The van der Waals surface area contributed by atoms with Crippen LogP contribution in [0.4, 0.5) is 10.5 Å². The van der Waals surface area contributed by atoms with Crippen LogP contribution in [-0.4, -0.2) is 34.1 Å². The molecule has 0 aliphatic carbocycles. The highest BCUT2D eigenvalue weighted by Crippen LogP contribution is 2.14. The lowest BCUT2D eigenvalue weighted by molar-refractivity contribution is -0.137. The predicted octanol–water partition coefficient (Wildman–Crippen LogP) is -0.621. The number of carbonyl (C=O) groups is 3. The molecule has 0 aromatic carbocycles. The van der Waals surface area contributed by atoms with E-state index in [0.717, 1.165) is 10.6 Å². The summed E-state index contributed by atoms with van der Waals surface area (Å²) in [6.45, 7) is -0.253. The van der Waals surface area contributed by atoms with Crippen molar-refractivity contribution in [1.82, 2.24) is 9.88 Å². The molecule has 1 saturated heterocycles.